The van der Waals surface area contributed by atoms with Crippen molar-refractivity contribution in [2.24, 2.45) is 0 Å². The summed E-state index contributed by atoms with van der Waals surface area (Å²) in [6.45, 7) is 5.80. The molecule has 6 heteroatoms. The quantitative estimate of drug-likeness (QED) is 0.632. The van der Waals surface area contributed by atoms with Crippen LogP contribution in [0, 0.1) is 0 Å². The van der Waals surface area contributed by atoms with E-state index in [9.17, 15) is 14.7 Å². The summed E-state index contributed by atoms with van der Waals surface area (Å²) in [5.41, 5.74) is 1.51. The molecule has 0 bridgehead atoms. The van der Waals surface area contributed by atoms with Crippen LogP contribution in [0.5, 0.6) is 11.5 Å². The van der Waals surface area contributed by atoms with Crippen molar-refractivity contribution in [1.29, 1.82) is 0 Å². The smallest absolute Gasteiger partial charge is 0.337 e. The van der Waals surface area contributed by atoms with Gasteiger partial charge in [-0.1, -0.05) is 20.8 Å². The number of aromatic hydroxyl groups is 1. The number of ether oxygens (including phenoxy) is 2. The number of carbonyl (C=O) groups excluding carboxylic acids is 2. The van der Waals surface area contributed by atoms with Crippen molar-refractivity contribution in [3.8, 4) is 11.5 Å². The lowest BCUT2D eigenvalue weighted by atomic mass is 9.85. The zero-order valence-corrected chi connectivity index (χ0v) is 15.3. The SMILES string of the molecule is COC(=O)c1ccc(OCC(=O)Nc2ccc(O)cc2)c(C(C)(C)C)c1. The second-order valence-corrected chi connectivity index (χ2v) is 6.84. The normalized spacial score (nSPS) is 10.9. The lowest BCUT2D eigenvalue weighted by Gasteiger charge is -2.23. The van der Waals surface area contributed by atoms with Crippen molar-refractivity contribution >= 4 is 17.6 Å². The van der Waals surface area contributed by atoms with E-state index in [1.165, 1.54) is 19.2 Å². The maximum Gasteiger partial charge on any atom is 0.337 e. The summed E-state index contributed by atoms with van der Waals surface area (Å²) in [6.07, 6.45) is 0. The van der Waals surface area contributed by atoms with Gasteiger partial charge in [0.2, 0.25) is 0 Å². The van der Waals surface area contributed by atoms with E-state index in [1.54, 1.807) is 30.3 Å². The molecule has 1 amide bonds. The number of hydrogen-bond acceptors (Lipinski definition) is 5. The highest BCUT2D eigenvalue weighted by molar-refractivity contribution is 5.92. The van der Waals surface area contributed by atoms with Gasteiger partial charge in [-0.05, 0) is 47.9 Å². The Kier molecular flexibility index (Phi) is 5.87. The molecule has 0 atom stereocenters. The van der Waals surface area contributed by atoms with E-state index >= 15 is 0 Å². The molecule has 0 saturated carbocycles. The fourth-order valence-corrected chi connectivity index (χ4v) is 2.37. The topological polar surface area (TPSA) is 84.9 Å². The first kappa shape index (κ1) is 19.3. The Bertz CT molecular complexity index is 791. The molecule has 2 aromatic carbocycles. The van der Waals surface area contributed by atoms with Crippen molar-refractivity contribution < 1.29 is 24.2 Å². The number of anilines is 1. The van der Waals surface area contributed by atoms with Gasteiger partial charge < -0.3 is 19.9 Å². The molecular formula is C20H23NO5. The van der Waals surface area contributed by atoms with E-state index < -0.39 is 5.97 Å². The minimum absolute atomic E-state index is 0.125. The fourth-order valence-electron chi connectivity index (χ4n) is 2.37. The number of esters is 1. The highest BCUT2D eigenvalue weighted by atomic mass is 16.5. The second-order valence-electron chi connectivity index (χ2n) is 6.84. The third kappa shape index (κ3) is 4.99. The molecule has 0 aliphatic rings. The van der Waals surface area contributed by atoms with Gasteiger partial charge in [-0.15, -0.1) is 0 Å². The van der Waals surface area contributed by atoms with Gasteiger partial charge in [0.05, 0.1) is 12.7 Å². The molecular weight excluding hydrogens is 334 g/mol. The van der Waals surface area contributed by atoms with Crippen molar-refractivity contribution in [3.05, 3.63) is 53.6 Å². The van der Waals surface area contributed by atoms with Gasteiger partial charge in [0.15, 0.2) is 6.61 Å². The van der Waals surface area contributed by atoms with Crippen LogP contribution in [0.2, 0.25) is 0 Å². The second kappa shape index (κ2) is 7.91. The fraction of sp³-hybridized carbons (Fsp3) is 0.300. The molecule has 0 fully saturated rings. The molecule has 2 aromatic rings. The van der Waals surface area contributed by atoms with Crippen LogP contribution in [0.15, 0.2) is 42.5 Å². The van der Waals surface area contributed by atoms with Gasteiger partial charge >= 0.3 is 5.97 Å². The van der Waals surface area contributed by atoms with Gasteiger partial charge in [0.25, 0.3) is 5.91 Å². The molecule has 0 radical (unpaired) electrons. The van der Waals surface area contributed by atoms with Crippen LogP contribution < -0.4 is 10.1 Å². The van der Waals surface area contributed by atoms with E-state index in [0.717, 1.165) is 5.56 Å². The average molecular weight is 357 g/mol. The largest absolute Gasteiger partial charge is 0.508 e. The van der Waals surface area contributed by atoms with Crippen LogP contribution in [0.1, 0.15) is 36.7 Å². The van der Waals surface area contributed by atoms with E-state index in [-0.39, 0.29) is 23.7 Å². The molecule has 0 heterocycles. The third-order valence-corrected chi connectivity index (χ3v) is 3.72. The first-order valence-corrected chi connectivity index (χ1v) is 8.15. The minimum atomic E-state index is -0.424. The number of methoxy groups -OCH3 is 1. The van der Waals surface area contributed by atoms with Gasteiger partial charge in [-0.3, -0.25) is 4.79 Å². The summed E-state index contributed by atoms with van der Waals surface area (Å²) < 4.78 is 10.4. The Morgan fingerprint density at radius 3 is 2.31 bits per heavy atom. The molecule has 26 heavy (non-hydrogen) atoms. The molecule has 0 aromatic heterocycles. The van der Waals surface area contributed by atoms with Gasteiger partial charge in [0, 0.05) is 11.3 Å². The summed E-state index contributed by atoms with van der Waals surface area (Å²) in [6, 6.07) is 11.2. The first-order valence-electron chi connectivity index (χ1n) is 8.15. The molecule has 0 spiro atoms. The summed E-state index contributed by atoms with van der Waals surface area (Å²) >= 11 is 0. The number of phenols is 1. The van der Waals surface area contributed by atoms with Crippen LogP contribution in [0.4, 0.5) is 5.69 Å². The Balaban J connectivity index is 2.11. The highest BCUT2D eigenvalue weighted by Crippen LogP contribution is 2.32. The monoisotopic (exact) mass is 357 g/mol. The Morgan fingerprint density at radius 2 is 1.73 bits per heavy atom. The summed E-state index contributed by atoms with van der Waals surface area (Å²) in [4.78, 5) is 23.8. The lowest BCUT2D eigenvalue weighted by Crippen LogP contribution is -2.22. The molecule has 0 aliphatic carbocycles. The zero-order valence-electron chi connectivity index (χ0n) is 15.3. The zero-order chi connectivity index (χ0) is 19.3. The van der Waals surface area contributed by atoms with Crippen molar-refractivity contribution in [2.45, 2.75) is 26.2 Å². The third-order valence-electron chi connectivity index (χ3n) is 3.72. The van der Waals surface area contributed by atoms with E-state index in [4.69, 9.17) is 9.47 Å². The predicted molar refractivity (Wildman–Crippen MR) is 98.7 cm³/mol. The van der Waals surface area contributed by atoms with Crippen LogP contribution in [-0.4, -0.2) is 30.7 Å². The number of phenolic OH excluding ortho intramolecular Hbond substituents is 1. The van der Waals surface area contributed by atoms with Gasteiger partial charge in [0.1, 0.15) is 11.5 Å². The number of rotatable bonds is 5. The van der Waals surface area contributed by atoms with Crippen LogP contribution >= 0.6 is 0 Å². The maximum absolute atomic E-state index is 12.1. The molecule has 138 valence electrons. The number of carbonyl (C=O) groups is 2. The van der Waals surface area contributed by atoms with Crippen molar-refractivity contribution in [2.75, 3.05) is 19.0 Å². The molecule has 2 rings (SSSR count). The number of nitrogens with one attached hydrogen (secondary N) is 1. The lowest BCUT2D eigenvalue weighted by molar-refractivity contribution is -0.118. The minimum Gasteiger partial charge on any atom is -0.508 e. The molecule has 0 aliphatic heterocycles. The van der Waals surface area contributed by atoms with Crippen LogP contribution in [0.3, 0.4) is 0 Å². The molecule has 0 saturated heterocycles. The first-order chi connectivity index (χ1) is 12.2. The summed E-state index contributed by atoms with van der Waals surface area (Å²) in [5.74, 6) is -0.0921. The van der Waals surface area contributed by atoms with E-state index in [1.807, 2.05) is 20.8 Å². The van der Waals surface area contributed by atoms with Crippen LogP contribution in [0.25, 0.3) is 0 Å². The molecule has 0 unspecified atom stereocenters. The maximum atomic E-state index is 12.1. The van der Waals surface area contributed by atoms with Crippen LogP contribution in [-0.2, 0) is 14.9 Å². The van der Waals surface area contributed by atoms with Crippen molar-refractivity contribution in [3.63, 3.8) is 0 Å². The van der Waals surface area contributed by atoms with Crippen molar-refractivity contribution in [1.82, 2.24) is 0 Å². The Labute approximate surface area is 152 Å². The average Bonchev–Trinajstić information content (AvgIpc) is 2.60. The Hall–Kier alpha value is -3.02. The number of benzene rings is 2. The number of amides is 1. The number of hydrogen-bond donors (Lipinski definition) is 2. The van der Waals surface area contributed by atoms with E-state index in [0.29, 0.717) is 17.0 Å². The standard InChI is InChI=1S/C20H23NO5/c1-20(2,3)16-11-13(19(24)25-4)5-10-17(16)26-12-18(23)21-14-6-8-15(22)9-7-14/h5-11,22H,12H2,1-4H3,(H,21,23). The predicted octanol–water partition coefficient (Wildman–Crippen LogP) is 3.49. The highest BCUT2D eigenvalue weighted by Gasteiger charge is 2.22. The van der Waals surface area contributed by atoms with E-state index in [2.05, 4.69) is 5.32 Å². The summed E-state index contributed by atoms with van der Waals surface area (Å²) in [7, 11) is 1.33. The molecule has 2 N–H and O–H groups in total. The molecule has 6 nitrogen and oxygen atoms in total. The van der Waals surface area contributed by atoms with Gasteiger partial charge in [-0.2, -0.15) is 0 Å². The van der Waals surface area contributed by atoms with Gasteiger partial charge in [-0.25, -0.2) is 4.79 Å². The summed E-state index contributed by atoms with van der Waals surface area (Å²) in [5, 5.41) is 11.9. The Morgan fingerprint density at radius 1 is 1.08 bits per heavy atom.